The molecule has 0 aliphatic rings. The fraction of sp³-hybridized carbons (Fsp3) is 0.333. The van der Waals surface area contributed by atoms with Crippen molar-refractivity contribution in [3.05, 3.63) is 51.5 Å². The van der Waals surface area contributed by atoms with Gasteiger partial charge in [-0.3, -0.25) is 0 Å². The van der Waals surface area contributed by atoms with Gasteiger partial charge in [0, 0.05) is 0 Å². The van der Waals surface area contributed by atoms with E-state index in [1.807, 2.05) is 38.1 Å². The summed E-state index contributed by atoms with van der Waals surface area (Å²) < 4.78 is 0.634. The van der Waals surface area contributed by atoms with Gasteiger partial charge in [0.25, 0.3) is 0 Å². The number of aryl methyl sites for hydroxylation is 2. The van der Waals surface area contributed by atoms with Gasteiger partial charge in [0.05, 0.1) is 10.2 Å². The molecule has 2 aromatic carbocycles. The first-order valence-electron chi connectivity index (χ1n) is 7.20. The summed E-state index contributed by atoms with van der Waals surface area (Å²) in [6.45, 7) is 10.4. The van der Waals surface area contributed by atoms with Crippen LogP contribution < -0.4 is 0 Å². The standard InChI is InChI=1S/C18H21BrN2O/c1-11-6-7-15(12(2)8-11)20-21-16-10-13(18(3,4)5)9-14(19)17(16)22/h6-10,22H,1-5H3. The second kappa shape index (κ2) is 6.21. The van der Waals surface area contributed by atoms with Gasteiger partial charge in [-0.05, 0) is 64.5 Å². The number of rotatable bonds is 2. The van der Waals surface area contributed by atoms with E-state index < -0.39 is 0 Å². The Hall–Kier alpha value is -1.68. The summed E-state index contributed by atoms with van der Waals surface area (Å²) in [6.07, 6.45) is 0. The van der Waals surface area contributed by atoms with Crippen molar-refractivity contribution in [2.24, 2.45) is 10.2 Å². The van der Waals surface area contributed by atoms with Crippen LogP contribution in [-0.4, -0.2) is 5.11 Å². The van der Waals surface area contributed by atoms with Crippen LogP contribution in [0.1, 0.15) is 37.5 Å². The van der Waals surface area contributed by atoms with Gasteiger partial charge in [-0.2, -0.15) is 5.11 Å². The van der Waals surface area contributed by atoms with Crippen LogP contribution in [0.25, 0.3) is 0 Å². The molecule has 0 unspecified atom stereocenters. The molecule has 0 atom stereocenters. The molecule has 0 bridgehead atoms. The monoisotopic (exact) mass is 360 g/mol. The van der Waals surface area contributed by atoms with E-state index in [2.05, 4.69) is 53.0 Å². The molecule has 4 heteroatoms. The molecule has 0 fully saturated rings. The normalized spacial score (nSPS) is 12.1. The smallest absolute Gasteiger partial charge is 0.157 e. The molecule has 0 aliphatic carbocycles. The van der Waals surface area contributed by atoms with Gasteiger partial charge in [0.2, 0.25) is 0 Å². The Morgan fingerprint density at radius 3 is 2.18 bits per heavy atom. The number of benzene rings is 2. The van der Waals surface area contributed by atoms with Crippen molar-refractivity contribution >= 4 is 27.3 Å². The first-order valence-corrected chi connectivity index (χ1v) is 8.00. The zero-order chi connectivity index (χ0) is 16.5. The third-order valence-electron chi connectivity index (χ3n) is 3.53. The van der Waals surface area contributed by atoms with Gasteiger partial charge in [0.1, 0.15) is 5.69 Å². The minimum absolute atomic E-state index is 0.0275. The number of hydrogen-bond acceptors (Lipinski definition) is 3. The van der Waals surface area contributed by atoms with Gasteiger partial charge in [-0.1, -0.05) is 38.5 Å². The van der Waals surface area contributed by atoms with E-state index in [0.29, 0.717) is 10.2 Å². The molecule has 0 spiro atoms. The van der Waals surface area contributed by atoms with E-state index in [-0.39, 0.29) is 11.2 Å². The zero-order valence-electron chi connectivity index (χ0n) is 13.6. The molecule has 0 aromatic heterocycles. The number of phenols is 1. The molecule has 0 radical (unpaired) electrons. The van der Waals surface area contributed by atoms with Crippen molar-refractivity contribution in [1.29, 1.82) is 0 Å². The van der Waals surface area contributed by atoms with Crippen molar-refractivity contribution < 1.29 is 5.11 Å². The second-order valence-electron chi connectivity index (χ2n) is 6.57. The van der Waals surface area contributed by atoms with E-state index in [4.69, 9.17) is 0 Å². The highest BCUT2D eigenvalue weighted by Gasteiger charge is 2.18. The molecular weight excluding hydrogens is 340 g/mol. The summed E-state index contributed by atoms with van der Waals surface area (Å²) >= 11 is 3.39. The number of hydrogen-bond donors (Lipinski definition) is 1. The summed E-state index contributed by atoms with van der Waals surface area (Å²) in [4.78, 5) is 0. The quantitative estimate of drug-likeness (QED) is 0.611. The van der Waals surface area contributed by atoms with Crippen LogP contribution >= 0.6 is 15.9 Å². The molecule has 1 N–H and O–H groups in total. The predicted octanol–water partition coefficient (Wildman–Crippen LogP) is 6.48. The molecule has 3 nitrogen and oxygen atoms in total. The average Bonchev–Trinajstić information content (AvgIpc) is 2.40. The fourth-order valence-corrected chi connectivity index (χ4v) is 2.57. The zero-order valence-corrected chi connectivity index (χ0v) is 15.2. The number of halogens is 1. The van der Waals surface area contributed by atoms with Crippen LogP contribution in [0.4, 0.5) is 11.4 Å². The molecule has 2 aromatic rings. The van der Waals surface area contributed by atoms with Crippen LogP contribution in [0.2, 0.25) is 0 Å². The largest absolute Gasteiger partial charge is 0.505 e. The molecule has 0 saturated carbocycles. The Morgan fingerprint density at radius 2 is 1.59 bits per heavy atom. The lowest BCUT2D eigenvalue weighted by atomic mass is 9.87. The predicted molar refractivity (Wildman–Crippen MR) is 94.6 cm³/mol. The van der Waals surface area contributed by atoms with Crippen LogP contribution in [0.5, 0.6) is 5.75 Å². The Bertz CT molecular complexity index is 731. The lowest BCUT2D eigenvalue weighted by Gasteiger charge is -2.20. The molecule has 2 rings (SSSR count). The van der Waals surface area contributed by atoms with E-state index in [0.717, 1.165) is 16.8 Å². The van der Waals surface area contributed by atoms with Crippen molar-refractivity contribution in [2.45, 2.75) is 40.0 Å². The van der Waals surface area contributed by atoms with Crippen LogP contribution in [0, 0.1) is 13.8 Å². The molecule has 0 saturated heterocycles. The van der Waals surface area contributed by atoms with Crippen molar-refractivity contribution in [2.75, 3.05) is 0 Å². The van der Waals surface area contributed by atoms with Crippen LogP contribution in [0.15, 0.2) is 45.0 Å². The van der Waals surface area contributed by atoms with Gasteiger partial charge in [0.15, 0.2) is 5.75 Å². The Labute approximate surface area is 140 Å². The van der Waals surface area contributed by atoms with Crippen LogP contribution in [0.3, 0.4) is 0 Å². The molecule has 22 heavy (non-hydrogen) atoms. The highest BCUT2D eigenvalue weighted by atomic mass is 79.9. The maximum atomic E-state index is 10.2. The maximum absolute atomic E-state index is 10.2. The highest BCUT2D eigenvalue weighted by Crippen LogP contribution is 2.39. The number of nitrogens with zero attached hydrogens (tertiary/aromatic N) is 2. The van der Waals surface area contributed by atoms with Gasteiger partial charge < -0.3 is 5.11 Å². The molecule has 0 amide bonds. The Morgan fingerprint density at radius 1 is 0.955 bits per heavy atom. The minimum atomic E-state index is -0.0275. The fourth-order valence-electron chi connectivity index (χ4n) is 2.12. The third-order valence-corrected chi connectivity index (χ3v) is 4.13. The highest BCUT2D eigenvalue weighted by molar-refractivity contribution is 9.10. The second-order valence-corrected chi connectivity index (χ2v) is 7.42. The number of aromatic hydroxyl groups is 1. The third kappa shape index (κ3) is 3.74. The lowest BCUT2D eigenvalue weighted by molar-refractivity contribution is 0.471. The Kier molecular flexibility index (Phi) is 4.71. The van der Waals surface area contributed by atoms with E-state index in [9.17, 15) is 5.11 Å². The SMILES string of the molecule is Cc1ccc(N=Nc2cc(C(C)(C)C)cc(Br)c2O)c(C)c1. The van der Waals surface area contributed by atoms with Crippen molar-refractivity contribution in [3.8, 4) is 5.75 Å². The summed E-state index contributed by atoms with van der Waals surface area (Å²) in [5.74, 6) is 0.113. The number of azo groups is 1. The van der Waals surface area contributed by atoms with E-state index in [1.165, 1.54) is 5.56 Å². The Balaban J connectivity index is 2.44. The minimum Gasteiger partial charge on any atom is -0.505 e. The summed E-state index contributed by atoms with van der Waals surface area (Å²) in [7, 11) is 0. The summed E-state index contributed by atoms with van der Waals surface area (Å²) in [5.41, 5.74) is 4.60. The first kappa shape index (κ1) is 16.7. The average molecular weight is 361 g/mol. The maximum Gasteiger partial charge on any atom is 0.157 e. The summed E-state index contributed by atoms with van der Waals surface area (Å²) in [5, 5.41) is 18.7. The molecule has 0 aliphatic heterocycles. The van der Waals surface area contributed by atoms with Gasteiger partial charge in [-0.15, -0.1) is 5.11 Å². The van der Waals surface area contributed by atoms with Gasteiger partial charge in [-0.25, -0.2) is 0 Å². The van der Waals surface area contributed by atoms with Crippen LogP contribution in [-0.2, 0) is 5.41 Å². The number of phenolic OH excluding ortho intramolecular Hbond substituents is 1. The van der Waals surface area contributed by atoms with Gasteiger partial charge >= 0.3 is 0 Å². The molecular formula is C18H21BrN2O. The molecule has 116 valence electrons. The lowest BCUT2D eigenvalue weighted by Crippen LogP contribution is -2.10. The van der Waals surface area contributed by atoms with E-state index >= 15 is 0 Å². The van der Waals surface area contributed by atoms with E-state index in [1.54, 1.807) is 0 Å². The topological polar surface area (TPSA) is 45.0 Å². The van der Waals surface area contributed by atoms with Crippen molar-refractivity contribution in [1.82, 2.24) is 0 Å². The summed E-state index contributed by atoms with van der Waals surface area (Å²) in [6, 6.07) is 9.81. The first-order chi connectivity index (χ1) is 10.2. The van der Waals surface area contributed by atoms with Crippen molar-refractivity contribution in [3.63, 3.8) is 0 Å². The molecule has 0 heterocycles.